The number of hydrogen-bond acceptors (Lipinski definition) is 6. The lowest BCUT2D eigenvalue weighted by Crippen LogP contribution is -2.35. The Labute approximate surface area is 213 Å². The zero-order chi connectivity index (χ0) is 25.2. The SMILES string of the molecule is COc1cc(/C=C2/C(=N)N3N=C(c4ccc(C)cc4)SC3=NC2=O)ccc1O[C@@H](C)c1ccccc1. The molecule has 0 bridgehead atoms. The molecule has 1 amide bonds. The average Bonchev–Trinajstić information content (AvgIpc) is 3.32. The van der Waals surface area contributed by atoms with Crippen LogP contribution in [0, 0.1) is 12.3 Å². The van der Waals surface area contributed by atoms with Crippen LogP contribution >= 0.6 is 11.8 Å². The summed E-state index contributed by atoms with van der Waals surface area (Å²) in [7, 11) is 1.57. The van der Waals surface area contributed by atoms with Crippen LogP contribution in [0.5, 0.6) is 11.5 Å². The molecule has 0 aliphatic carbocycles. The van der Waals surface area contributed by atoms with Crippen molar-refractivity contribution in [2.45, 2.75) is 20.0 Å². The predicted molar refractivity (Wildman–Crippen MR) is 144 cm³/mol. The number of carbonyl (C=O) groups is 1. The summed E-state index contributed by atoms with van der Waals surface area (Å²) in [6.07, 6.45) is 1.46. The van der Waals surface area contributed by atoms with Crippen LogP contribution in [0.1, 0.15) is 35.3 Å². The van der Waals surface area contributed by atoms with Crippen molar-refractivity contribution in [3.8, 4) is 11.5 Å². The maximum atomic E-state index is 12.8. The molecule has 0 spiro atoms. The zero-order valence-corrected chi connectivity index (χ0v) is 20.9. The van der Waals surface area contributed by atoms with Crippen molar-refractivity contribution in [2.75, 3.05) is 7.11 Å². The largest absolute Gasteiger partial charge is 0.493 e. The summed E-state index contributed by atoms with van der Waals surface area (Å²) in [4.78, 5) is 17.0. The van der Waals surface area contributed by atoms with Crippen molar-refractivity contribution >= 4 is 39.8 Å². The first-order valence-corrected chi connectivity index (χ1v) is 12.2. The molecule has 0 fully saturated rings. The molecule has 3 aromatic carbocycles. The molecule has 2 aliphatic rings. The van der Waals surface area contributed by atoms with Gasteiger partial charge in [0.15, 0.2) is 17.3 Å². The summed E-state index contributed by atoms with van der Waals surface area (Å²) >= 11 is 1.28. The van der Waals surface area contributed by atoms with Gasteiger partial charge in [0.2, 0.25) is 5.17 Å². The smallest absolute Gasteiger partial charge is 0.283 e. The van der Waals surface area contributed by atoms with Crippen molar-refractivity contribution in [1.82, 2.24) is 5.01 Å². The minimum atomic E-state index is -0.476. The second-order valence-electron chi connectivity index (χ2n) is 8.37. The second kappa shape index (κ2) is 9.83. The quantitative estimate of drug-likeness (QED) is 0.435. The van der Waals surface area contributed by atoms with E-state index in [1.165, 1.54) is 16.8 Å². The molecular weight excluding hydrogens is 472 g/mol. The molecule has 2 aliphatic heterocycles. The highest BCUT2D eigenvalue weighted by Crippen LogP contribution is 2.34. The summed E-state index contributed by atoms with van der Waals surface area (Å²) in [5, 5.41) is 15.7. The van der Waals surface area contributed by atoms with E-state index < -0.39 is 5.91 Å². The predicted octanol–water partition coefficient (Wildman–Crippen LogP) is 5.81. The second-order valence-corrected chi connectivity index (χ2v) is 9.33. The van der Waals surface area contributed by atoms with Gasteiger partial charge in [0, 0.05) is 5.56 Å². The fourth-order valence-electron chi connectivity index (χ4n) is 3.83. The highest BCUT2D eigenvalue weighted by Gasteiger charge is 2.36. The molecule has 8 heteroatoms. The molecule has 36 heavy (non-hydrogen) atoms. The minimum absolute atomic E-state index is 0.0170. The van der Waals surface area contributed by atoms with Gasteiger partial charge in [-0.1, -0.05) is 66.2 Å². The van der Waals surface area contributed by atoms with Crippen molar-refractivity contribution < 1.29 is 14.3 Å². The Hall–Kier alpha value is -4.17. The number of aliphatic imine (C=N–C) groups is 1. The van der Waals surface area contributed by atoms with Crippen LogP contribution < -0.4 is 9.47 Å². The lowest BCUT2D eigenvalue weighted by atomic mass is 10.1. The number of hydrogen-bond donors (Lipinski definition) is 1. The maximum Gasteiger partial charge on any atom is 0.283 e. The molecule has 0 unspecified atom stereocenters. The monoisotopic (exact) mass is 496 g/mol. The number of carbonyl (C=O) groups excluding carboxylic acids is 1. The first-order chi connectivity index (χ1) is 17.4. The number of nitrogens with one attached hydrogen (secondary N) is 1. The van der Waals surface area contributed by atoms with Crippen LogP contribution in [0.4, 0.5) is 0 Å². The summed E-state index contributed by atoms with van der Waals surface area (Å²) in [5.41, 5.74) is 3.95. The summed E-state index contributed by atoms with van der Waals surface area (Å²) in [6.45, 7) is 3.99. The Balaban J connectivity index is 1.39. The fraction of sp³-hybridized carbons (Fsp3) is 0.143. The van der Waals surface area contributed by atoms with Crippen LogP contribution in [-0.2, 0) is 4.79 Å². The highest BCUT2D eigenvalue weighted by atomic mass is 32.2. The Kier molecular flexibility index (Phi) is 6.43. The van der Waals surface area contributed by atoms with E-state index in [4.69, 9.17) is 14.9 Å². The number of thioether (sulfide) groups is 1. The maximum absolute atomic E-state index is 12.8. The first kappa shape index (κ1) is 23.6. The van der Waals surface area contributed by atoms with Crippen LogP contribution in [0.15, 0.2) is 88.5 Å². The Morgan fingerprint density at radius 3 is 2.50 bits per heavy atom. The van der Waals surface area contributed by atoms with E-state index >= 15 is 0 Å². The van der Waals surface area contributed by atoms with Gasteiger partial charge in [-0.2, -0.15) is 15.1 Å². The van der Waals surface area contributed by atoms with E-state index in [0.29, 0.717) is 27.3 Å². The summed E-state index contributed by atoms with van der Waals surface area (Å²) in [6, 6.07) is 23.3. The van der Waals surface area contributed by atoms with E-state index in [1.807, 2.05) is 74.5 Å². The van der Waals surface area contributed by atoms with Crippen molar-refractivity contribution in [1.29, 1.82) is 5.41 Å². The minimum Gasteiger partial charge on any atom is -0.493 e. The molecule has 1 N–H and O–H groups in total. The summed E-state index contributed by atoms with van der Waals surface area (Å²) in [5.74, 6) is 0.625. The first-order valence-electron chi connectivity index (χ1n) is 11.4. The molecule has 180 valence electrons. The number of ether oxygens (including phenoxy) is 2. The number of nitrogens with zero attached hydrogens (tertiary/aromatic N) is 3. The van der Waals surface area contributed by atoms with Gasteiger partial charge in [0.1, 0.15) is 11.1 Å². The standard InChI is InChI=1S/C28H24N4O3S/c1-17-9-12-21(13-10-17)27-31-32-25(29)22(26(33)30-28(32)36-27)15-19-11-14-23(24(16-19)34-3)35-18(2)20-7-5-4-6-8-20/h4-16,18,29H,1-3H3/b22-15-,29-25?/t18-/m0/s1. The lowest BCUT2D eigenvalue weighted by molar-refractivity contribution is -0.114. The van der Waals surface area contributed by atoms with Crippen LogP contribution in [0.3, 0.4) is 0 Å². The number of aryl methyl sites for hydroxylation is 1. The van der Waals surface area contributed by atoms with Gasteiger partial charge >= 0.3 is 0 Å². The fourth-order valence-corrected chi connectivity index (χ4v) is 4.72. The third-order valence-electron chi connectivity index (χ3n) is 5.82. The number of hydrazone groups is 1. The number of fused-ring (bicyclic) bond motifs is 1. The molecule has 7 nitrogen and oxygen atoms in total. The number of amidine groups is 2. The third-order valence-corrected chi connectivity index (χ3v) is 6.78. The van der Waals surface area contributed by atoms with Crippen molar-refractivity contribution in [3.05, 3.63) is 101 Å². The number of methoxy groups -OCH3 is 1. The molecule has 3 aromatic rings. The summed E-state index contributed by atoms with van der Waals surface area (Å²) < 4.78 is 11.7. The van der Waals surface area contributed by atoms with E-state index in [0.717, 1.165) is 16.7 Å². The highest BCUT2D eigenvalue weighted by molar-refractivity contribution is 8.27. The van der Waals surface area contributed by atoms with Gasteiger partial charge in [0.25, 0.3) is 5.91 Å². The van der Waals surface area contributed by atoms with Gasteiger partial charge in [-0.15, -0.1) is 0 Å². The molecule has 0 aromatic heterocycles. The van der Waals surface area contributed by atoms with Crippen LogP contribution in [0.25, 0.3) is 6.08 Å². The molecule has 0 saturated heterocycles. The van der Waals surface area contributed by atoms with E-state index in [9.17, 15) is 4.79 Å². The Bertz CT molecular complexity index is 1430. The Morgan fingerprint density at radius 2 is 1.78 bits per heavy atom. The zero-order valence-electron chi connectivity index (χ0n) is 20.1. The van der Waals surface area contributed by atoms with Gasteiger partial charge in [-0.25, -0.2) is 0 Å². The normalized spacial score (nSPS) is 17.0. The number of rotatable bonds is 6. The lowest BCUT2D eigenvalue weighted by Gasteiger charge is -2.20. The molecule has 1 atom stereocenters. The number of amides is 1. The molecule has 5 rings (SSSR count). The van der Waals surface area contributed by atoms with E-state index in [-0.39, 0.29) is 17.5 Å². The van der Waals surface area contributed by atoms with Crippen molar-refractivity contribution in [2.24, 2.45) is 10.1 Å². The van der Waals surface area contributed by atoms with Gasteiger partial charge in [0.05, 0.1) is 12.7 Å². The van der Waals surface area contributed by atoms with Gasteiger partial charge < -0.3 is 9.47 Å². The average molecular weight is 497 g/mol. The molecule has 0 saturated carbocycles. The van der Waals surface area contributed by atoms with E-state index in [2.05, 4.69) is 10.1 Å². The van der Waals surface area contributed by atoms with Crippen molar-refractivity contribution in [3.63, 3.8) is 0 Å². The Morgan fingerprint density at radius 1 is 1.03 bits per heavy atom. The van der Waals surface area contributed by atoms with Crippen LogP contribution in [0.2, 0.25) is 0 Å². The third kappa shape index (κ3) is 4.67. The molecular formula is C28H24N4O3S. The molecule has 2 heterocycles. The topological polar surface area (TPSA) is 87.3 Å². The van der Waals surface area contributed by atoms with Crippen LogP contribution in [-0.4, -0.2) is 34.1 Å². The van der Waals surface area contributed by atoms with E-state index in [1.54, 1.807) is 25.3 Å². The van der Waals surface area contributed by atoms with Gasteiger partial charge in [-0.3, -0.25) is 10.2 Å². The van der Waals surface area contributed by atoms with Gasteiger partial charge in [-0.05, 0) is 54.9 Å². The molecule has 0 radical (unpaired) electrons. The number of benzene rings is 3.